The number of rotatable bonds is 2. The van der Waals surface area contributed by atoms with Gasteiger partial charge in [-0.05, 0) is 37.0 Å². The lowest BCUT2D eigenvalue weighted by Crippen LogP contribution is -2.25. The van der Waals surface area contributed by atoms with Gasteiger partial charge in [-0.25, -0.2) is 14.4 Å². The van der Waals surface area contributed by atoms with Gasteiger partial charge in [0, 0.05) is 18.3 Å². The molecule has 20 heavy (non-hydrogen) atoms. The predicted molar refractivity (Wildman–Crippen MR) is 77.0 cm³/mol. The molecule has 1 saturated heterocycles. The van der Waals surface area contributed by atoms with Crippen molar-refractivity contribution in [3.8, 4) is 0 Å². The van der Waals surface area contributed by atoms with Crippen molar-refractivity contribution in [1.82, 2.24) is 9.97 Å². The first kappa shape index (κ1) is 13.0. The maximum absolute atomic E-state index is 13.5. The first-order chi connectivity index (χ1) is 9.65. The molecule has 1 aromatic carbocycles. The summed E-state index contributed by atoms with van der Waals surface area (Å²) in [6.45, 7) is 5.12. The van der Waals surface area contributed by atoms with Gasteiger partial charge in [-0.1, -0.05) is 19.1 Å². The Labute approximate surface area is 118 Å². The molecule has 2 heterocycles. The highest BCUT2D eigenvalue weighted by Crippen LogP contribution is 2.39. The number of anilines is 1. The van der Waals surface area contributed by atoms with Crippen molar-refractivity contribution < 1.29 is 4.39 Å². The Bertz CT molecular complexity index is 614. The Balaban J connectivity index is 1.98. The van der Waals surface area contributed by atoms with Crippen LogP contribution in [-0.4, -0.2) is 16.5 Å². The Morgan fingerprint density at radius 3 is 2.85 bits per heavy atom. The fourth-order valence-corrected chi connectivity index (χ4v) is 3.00. The maximum atomic E-state index is 13.5. The second-order valence-electron chi connectivity index (χ2n) is 5.48. The molecule has 0 spiro atoms. The average molecular weight is 271 g/mol. The van der Waals surface area contributed by atoms with Crippen LogP contribution in [0, 0.1) is 18.7 Å². The van der Waals surface area contributed by atoms with Gasteiger partial charge in [-0.3, -0.25) is 0 Å². The van der Waals surface area contributed by atoms with E-state index in [0.29, 0.717) is 5.92 Å². The average Bonchev–Trinajstić information content (AvgIpc) is 2.80. The third-order valence-corrected chi connectivity index (χ3v) is 3.97. The maximum Gasteiger partial charge on any atom is 0.132 e. The number of hydrogen-bond acceptors (Lipinski definition) is 3. The second kappa shape index (κ2) is 5.19. The minimum atomic E-state index is -0.180. The van der Waals surface area contributed by atoms with Crippen LogP contribution in [0.4, 0.5) is 10.2 Å². The van der Waals surface area contributed by atoms with Crippen LogP contribution in [0.15, 0.2) is 36.7 Å². The molecule has 1 aliphatic rings. The fourth-order valence-electron chi connectivity index (χ4n) is 3.00. The van der Waals surface area contributed by atoms with Crippen molar-refractivity contribution in [2.45, 2.75) is 26.3 Å². The van der Waals surface area contributed by atoms with E-state index in [2.05, 4.69) is 21.8 Å². The molecule has 0 amide bonds. The summed E-state index contributed by atoms with van der Waals surface area (Å²) in [6, 6.07) is 9.07. The lowest BCUT2D eigenvalue weighted by atomic mass is 9.95. The molecular weight excluding hydrogens is 253 g/mol. The zero-order chi connectivity index (χ0) is 14.1. The van der Waals surface area contributed by atoms with Crippen molar-refractivity contribution >= 4 is 5.82 Å². The van der Waals surface area contributed by atoms with Gasteiger partial charge in [-0.2, -0.15) is 0 Å². The van der Waals surface area contributed by atoms with Gasteiger partial charge in [0.25, 0.3) is 0 Å². The van der Waals surface area contributed by atoms with Crippen molar-refractivity contribution in [2.24, 2.45) is 5.92 Å². The van der Waals surface area contributed by atoms with E-state index in [-0.39, 0.29) is 11.9 Å². The SMILES string of the molecule is Cc1cc(N2CCC(C)C2c2cccc(F)c2)ncn1. The third kappa shape index (κ3) is 2.38. The van der Waals surface area contributed by atoms with E-state index in [1.54, 1.807) is 18.5 Å². The molecule has 1 fully saturated rings. The lowest BCUT2D eigenvalue weighted by molar-refractivity contribution is 0.526. The standard InChI is InChI=1S/C16H18FN3/c1-11-6-7-20(15-8-12(2)18-10-19-15)16(11)13-4-3-5-14(17)9-13/h3-5,8-11,16H,6-7H2,1-2H3. The highest BCUT2D eigenvalue weighted by Gasteiger charge is 2.33. The number of benzene rings is 1. The Morgan fingerprint density at radius 1 is 1.25 bits per heavy atom. The molecule has 2 unspecified atom stereocenters. The van der Waals surface area contributed by atoms with Crippen LogP contribution in [0.2, 0.25) is 0 Å². The quantitative estimate of drug-likeness (QED) is 0.837. The second-order valence-corrected chi connectivity index (χ2v) is 5.48. The van der Waals surface area contributed by atoms with E-state index >= 15 is 0 Å². The lowest BCUT2D eigenvalue weighted by Gasteiger charge is -2.28. The summed E-state index contributed by atoms with van der Waals surface area (Å²) in [7, 11) is 0. The third-order valence-electron chi connectivity index (χ3n) is 3.97. The van der Waals surface area contributed by atoms with Gasteiger partial charge in [0.1, 0.15) is 18.0 Å². The molecule has 0 aliphatic carbocycles. The summed E-state index contributed by atoms with van der Waals surface area (Å²) < 4.78 is 13.5. The smallest absolute Gasteiger partial charge is 0.132 e. The summed E-state index contributed by atoms with van der Waals surface area (Å²) in [5.41, 5.74) is 1.97. The number of aromatic nitrogens is 2. The normalized spacial score (nSPS) is 22.2. The Morgan fingerprint density at radius 2 is 2.10 bits per heavy atom. The van der Waals surface area contributed by atoms with Gasteiger partial charge in [0.15, 0.2) is 0 Å². The number of halogens is 1. The Kier molecular flexibility index (Phi) is 3.38. The molecule has 0 N–H and O–H groups in total. The molecule has 1 aromatic heterocycles. The summed E-state index contributed by atoms with van der Waals surface area (Å²) in [5.74, 6) is 1.23. The topological polar surface area (TPSA) is 29.0 Å². The number of aryl methyl sites for hydroxylation is 1. The summed E-state index contributed by atoms with van der Waals surface area (Å²) in [4.78, 5) is 10.8. The van der Waals surface area contributed by atoms with Gasteiger partial charge < -0.3 is 4.90 Å². The van der Waals surface area contributed by atoms with Crippen LogP contribution in [0.5, 0.6) is 0 Å². The van der Waals surface area contributed by atoms with E-state index < -0.39 is 0 Å². The molecule has 3 nitrogen and oxygen atoms in total. The fraction of sp³-hybridized carbons (Fsp3) is 0.375. The summed E-state index contributed by atoms with van der Waals surface area (Å²) in [6.07, 6.45) is 2.68. The van der Waals surface area contributed by atoms with Crippen LogP contribution in [0.3, 0.4) is 0 Å². The molecular formula is C16H18FN3. The molecule has 2 aromatic rings. The number of nitrogens with zero attached hydrogens (tertiary/aromatic N) is 3. The van der Waals surface area contributed by atoms with Crippen LogP contribution < -0.4 is 4.90 Å². The van der Waals surface area contributed by atoms with E-state index in [1.165, 1.54) is 6.07 Å². The van der Waals surface area contributed by atoms with E-state index in [4.69, 9.17) is 0 Å². The van der Waals surface area contributed by atoms with Gasteiger partial charge in [0.05, 0.1) is 6.04 Å². The van der Waals surface area contributed by atoms with Crippen LogP contribution in [0.1, 0.15) is 30.6 Å². The molecule has 1 aliphatic heterocycles. The van der Waals surface area contributed by atoms with Crippen LogP contribution in [-0.2, 0) is 0 Å². The first-order valence-corrected chi connectivity index (χ1v) is 6.96. The first-order valence-electron chi connectivity index (χ1n) is 6.96. The molecule has 3 rings (SSSR count). The molecule has 2 atom stereocenters. The van der Waals surface area contributed by atoms with E-state index in [0.717, 1.165) is 30.0 Å². The van der Waals surface area contributed by atoms with Crippen LogP contribution >= 0.6 is 0 Å². The summed E-state index contributed by atoms with van der Waals surface area (Å²) in [5, 5.41) is 0. The molecule has 104 valence electrons. The number of hydrogen-bond donors (Lipinski definition) is 0. The van der Waals surface area contributed by atoms with Crippen molar-refractivity contribution in [1.29, 1.82) is 0 Å². The minimum absolute atomic E-state index is 0.180. The Hall–Kier alpha value is -1.97. The highest BCUT2D eigenvalue weighted by atomic mass is 19.1. The van der Waals surface area contributed by atoms with Crippen LogP contribution in [0.25, 0.3) is 0 Å². The van der Waals surface area contributed by atoms with E-state index in [9.17, 15) is 4.39 Å². The zero-order valence-electron chi connectivity index (χ0n) is 11.8. The highest BCUT2D eigenvalue weighted by molar-refractivity contribution is 5.44. The molecule has 0 radical (unpaired) electrons. The van der Waals surface area contributed by atoms with Gasteiger partial charge >= 0.3 is 0 Å². The minimum Gasteiger partial charge on any atom is -0.349 e. The van der Waals surface area contributed by atoms with Crippen molar-refractivity contribution in [3.05, 3.63) is 53.7 Å². The largest absolute Gasteiger partial charge is 0.349 e. The zero-order valence-corrected chi connectivity index (χ0v) is 11.8. The predicted octanol–water partition coefficient (Wildman–Crippen LogP) is 3.51. The monoisotopic (exact) mass is 271 g/mol. The van der Waals surface area contributed by atoms with E-state index in [1.807, 2.05) is 19.1 Å². The van der Waals surface area contributed by atoms with Crippen molar-refractivity contribution in [3.63, 3.8) is 0 Å². The van der Waals surface area contributed by atoms with Gasteiger partial charge in [-0.15, -0.1) is 0 Å². The molecule has 0 saturated carbocycles. The molecule has 4 heteroatoms. The van der Waals surface area contributed by atoms with Crippen molar-refractivity contribution in [2.75, 3.05) is 11.4 Å². The summed E-state index contributed by atoms with van der Waals surface area (Å²) >= 11 is 0. The molecule has 0 bridgehead atoms. The van der Waals surface area contributed by atoms with Gasteiger partial charge in [0.2, 0.25) is 0 Å².